The van der Waals surface area contributed by atoms with Crippen molar-refractivity contribution in [3.05, 3.63) is 247 Å². The van der Waals surface area contributed by atoms with Crippen molar-refractivity contribution in [3.8, 4) is 78.8 Å². The zero-order chi connectivity index (χ0) is 96.8. The number of amides is 6. The molecule has 2 saturated carbocycles. The van der Waals surface area contributed by atoms with Crippen LogP contribution in [0.4, 0.5) is 80.5 Å². The molecule has 8 heterocycles. The van der Waals surface area contributed by atoms with Gasteiger partial charge in [0.05, 0.1) is 103 Å². The van der Waals surface area contributed by atoms with Gasteiger partial charge in [0.15, 0.2) is 0 Å². The summed E-state index contributed by atoms with van der Waals surface area (Å²) >= 11 is 0. The fourth-order valence-corrected chi connectivity index (χ4v) is 17.8. The number of nitrogens with one attached hydrogen (secondary N) is 12. The van der Waals surface area contributed by atoms with E-state index < -0.39 is 23.4 Å². The highest BCUT2D eigenvalue weighted by molar-refractivity contribution is 6.06. The molecule has 0 bridgehead atoms. The van der Waals surface area contributed by atoms with Crippen LogP contribution in [-0.4, -0.2) is 112 Å². The fourth-order valence-electron chi connectivity index (χ4n) is 17.8. The van der Waals surface area contributed by atoms with Crippen molar-refractivity contribution in [2.24, 2.45) is 7.05 Å². The predicted octanol–water partition coefficient (Wildman–Crippen LogP) is 23.1. The lowest BCUT2D eigenvalue weighted by Gasteiger charge is -2.20. The van der Waals surface area contributed by atoms with E-state index in [4.69, 9.17) is 19.8 Å². The smallest absolute Gasteiger partial charge is 0.416 e. The second kappa shape index (κ2) is 40.4. The van der Waals surface area contributed by atoms with E-state index in [1.807, 2.05) is 243 Å². The maximum absolute atomic E-state index is 13.6. The van der Waals surface area contributed by atoms with Crippen LogP contribution < -0.4 is 63.2 Å². The lowest BCUT2D eigenvalue weighted by atomic mass is 9.97. The number of ether oxygens (including phenoxy) is 2. The summed E-state index contributed by atoms with van der Waals surface area (Å²) in [4.78, 5) is 72.2. The average molecular weight is 1860 g/mol. The number of rotatable bonds is 14. The number of hydrogen-bond donors (Lipinski definition) is 12. The first-order chi connectivity index (χ1) is 66.3. The molecule has 11 aromatic carbocycles. The maximum Gasteiger partial charge on any atom is 0.416 e. The molecule has 0 radical (unpaired) electrons. The third-order valence-corrected chi connectivity index (χ3v) is 24.5. The topological polar surface area (TPSA) is 367 Å². The summed E-state index contributed by atoms with van der Waals surface area (Å²) in [7, 11) is 1.88. The zero-order valence-corrected chi connectivity index (χ0v) is 78.2. The van der Waals surface area contributed by atoms with E-state index in [0.717, 1.165) is 160 Å². The van der Waals surface area contributed by atoms with Crippen LogP contribution in [0.3, 0.4) is 0 Å². The van der Waals surface area contributed by atoms with Gasteiger partial charge >= 0.3 is 12.3 Å². The molecule has 28 nitrogen and oxygen atoms in total. The Morgan fingerprint density at radius 1 is 0.471 bits per heavy atom. The summed E-state index contributed by atoms with van der Waals surface area (Å²) in [5, 5.41) is 69.2. The van der Waals surface area contributed by atoms with E-state index in [1.54, 1.807) is 0 Å². The zero-order valence-electron chi connectivity index (χ0n) is 78.2. The molecule has 0 saturated heterocycles. The molecule has 14 aromatic rings. The number of benzene rings is 11. The van der Waals surface area contributed by atoms with Gasteiger partial charge in [-0.15, -0.1) is 10.2 Å². The number of anilines is 11. The minimum absolute atomic E-state index is 0.00811. The van der Waals surface area contributed by atoms with Crippen molar-refractivity contribution in [1.82, 2.24) is 40.2 Å². The number of aryl methyl sites for hydroxylation is 1. The summed E-state index contributed by atoms with van der Waals surface area (Å²) in [6, 6.07) is 73.9. The Morgan fingerprint density at radius 2 is 0.891 bits per heavy atom. The molecule has 2 aliphatic carbocycles. The second-order valence-corrected chi connectivity index (χ2v) is 37.2. The molecule has 6 amide bonds. The SMILES string of the molecule is C[C@@H]1CC(=O)Nc2cc(C(F)(F)F)cc(-c3ccc4c(c3)c(C3CC3)nn4C)c2N1.C[C@@H]1CC(=O)Nc2cccc(-c3ccc(-c4nn[nH]n4)cc3)c2N1.C[C@@H]1CC(=O)Nc2cccc(-c3ccc4c(c3)c(C3CC3)nn4[C@H](C)CC#N)c2N1.C[C@@H]1CC(=O)Nc2cccc(-c3cccc(NC(=O)OC(C)(C)C)c3)c2N1.C[C@@H]1CC(=O)Nc2cccc(-c3cccc(OCc4ccccc4)c3)c2N1. The van der Waals surface area contributed by atoms with Gasteiger partial charge in [-0.05, 0) is 212 Å². The molecule has 7 aliphatic rings. The number of fused-ring (bicyclic) bond motifs is 7. The number of H-pyrrole nitrogens is 1. The van der Waals surface area contributed by atoms with Crippen LogP contribution in [0.2, 0.25) is 0 Å². The van der Waals surface area contributed by atoms with Crippen LogP contribution in [0, 0.1) is 11.3 Å². The summed E-state index contributed by atoms with van der Waals surface area (Å²) < 4.78 is 56.0. The minimum atomic E-state index is -4.52. The molecule has 12 N–H and O–H groups in total. The molecule has 706 valence electrons. The molecular weight excluding hydrogens is 1750 g/mol. The van der Waals surface area contributed by atoms with Gasteiger partial charge in [0.25, 0.3) is 0 Å². The number of tetrazole rings is 1. The van der Waals surface area contributed by atoms with E-state index in [9.17, 15) is 41.9 Å². The van der Waals surface area contributed by atoms with Gasteiger partial charge in [0, 0.05) is 131 Å². The van der Waals surface area contributed by atoms with Crippen LogP contribution in [0.25, 0.3) is 88.8 Å². The Kier molecular flexibility index (Phi) is 27.5. The predicted molar refractivity (Wildman–Crippen MR) is 536 cm³/mol. The first kappa shape index (κ1) is 93.9. The molecule has 0 spiro atoms. The second-order valence-electron chi connectivity index (χ2n) is 37.2. The highest BCUT2D eigenvalue weighted by Crippen LogP contribution is 2.50. The number of carbonyl (C=O) groups excluding carboxylic acids is 6. The molecule has 3 aromatic heterocycles. The number of aromatic amines is 1. The Hall–Kier alpha value is -15.9. The van der Waals surface area contributed by atoms with E-state index >= 15 is 0 Å². The van der Waals surface area contributed by atoms with Crippen LogP contribution >= 0.6 is 0 Å². The van der Waals surface area contributed by atoms with E-state index in [1.165, 1.54) is 18.2 Å². The third-order valence-electron chi connectivity index (χ3n) is 24.5. The van der Waals surface area contributed by atoms with Gasteiger partial charge in [0.2, 0.25) is 35.4 Å². The van der Waals surface area contributed by atoms with Gasteiger partial charge < -0.3 is 62.6 Å². The monoisotopic (exact) mass is 1860 g/mol. The van der Waals surface area contributed by atoms with Crippen molar-refractivity contribution >= 4 is 120 Å². The number of nitrogens with zero attached hydrogens (tertiary/aromatic N) is 8. The maximum atomic E-state index is 13.6. The van der Waals surface area contributed by atoms with Gasteiger partial charge in [-0.1, -0.05) is 140 Å². The molecule has 5 aliphatic heterocycles. The highest BCUT2D eigenvalue weighted by Gasteiger charge is 2.37. The average Bonchev–Trinajstić information content (AvgIpc) is 1.56. The first-order valence-electron chi connectivity index (χ1n) is 46.5. The van der Waals surface area contributed by atoms with Gasteiger partial charge in [-0.25, -0.2) is 4.79 Å². The number of hydrogen-bond acceptors (Lipinski definition) is 19. The molecule has 2 fully saturated rings. The summed E-state index contributed by atoms with van der Waals surface area (Å²) in [6.45, 7) is 17.9. The molecule has 31 heteroatoms. The highest BCUT2D eigenvalue weighted by atomic mass is 19.4. The van der Waals surface area contributed by atoms with Gasteiger partial charge in [0.1, 0.15) is 18.0 Å². The molecule has 0 unspecified atom stereocenters. The van der Waals surface area contributed by atoms with E-state index in [2.05, 4.69) is 139 Å². The Labute approximate surface area is 796 Å². The summed E-state index contributed by atoms with van der Waals surface area (Å²) in [5.41, 5.74) is 22.5. The molecule has 138 heavy (non-hydrogen) atoms. The van der Waals surface area contributed by atoms with Crippen LogP contribution in [0.1, 0.15) is 167 Å². The Balaban J connectivity index is 0.000000120. The molecule has 21 rings (SSSR count). The van der Waals surface area contributed by atoms with Crippen molar-refractivity contribution in [2.45, 2.75) is 193 Å². The number of para-hydroxylation sites is 4. The third kappa shape index (κ3) is 22.4. The lowest BCUT2D eigenvalue weighted by molar-refractivity contribution is -0.137. The standard InChI is InChI=1S/C24H25N5O.C23H22N2O2.C22H21F3N4O.C21H25N3O3.C17H16N6O/c1-14-12-22(30)27-20-5-3-4-18(24(20)26-14)17-8-9-21-19(13-17)23(16-6-7-16)28-29(21)15(2)10-11-25;1-16-13-22(26)25-21-12-6-11-20(23(21)24-16)18-9-5-10-19(14-18)27-15-17-7-3-2-4-8-17;1-11-7-19(30)27-17-10-14(22(23,24)25)9-15(21(17)26-11)13-5-6-18-16(8-13)20(12-3-4-12)28-29(18)2;1-13-11-18(25)24-17-10-6-9-16(19(17)22-13)14-7-5-8-15(12-14)23-20(26)27-21(2,3)4;1-10-9-15(24)19-14-4-2-3-13(16(14)18-10)11-5-7-12(8-6-11)17-20-22-23-21-17/h3-5,8-9,13-16,26H,6-7,10,12H2,1-2H3,(H,27,30);2-12,14,16,24H,13,15H2,1H3,(H,25,26);5-6,8-12,26H,3-4,7H2,1-2H3,(H,27,30);5-10,12-13,22H,11H2,1-4H3,(H,23,26)(H,24,25);2-8,10,18H,9H2,1H3,(H,19,24)(H,20,21,22,23)/t14-,15-;16-;11-;13-;10-/m11111/s1. The first-order valence-corrected chi connectivity index (χ1v) is 46.5. The van der Waals surface area contributed by atoms with E-state index in [-0.39, 0.29) is 77.9 Å². The lowest BCUT2D eigenvalue weighted by Crippen LogP contribution is -2.27. The van der Waals surface area contributed by atoms with E-state index in [0.29, 0.717) is 78.9 Å². The number of alkyl halides is 3. The van der Waals surface area contributed by atoms with Crippen molar-refractivity contribution in [2.75, 3.05) is 58.5 Å². The Morgan fingerprint density at radius 3 is 1.36 bits per heavy atom. The number of nitriles is 1. The van der Waals surface area contributed by atoms with Gasteiger partial charge in [-0.2, -0.15) is 33.8 Å². The minimum Gasteiger partial charge on any atom is -0.489 e. The van der Waals surface area contributed by atoms with Crippen LogP contribution in [-0.2, 0) is 48.5 Å². The van der Waals surface area contributed by atoms with Crippen molar-refractivity contribution in [3.63, 3.8) is 0 Å². The number of halogens is 3. The van der Waals surface area contributed by atoms with Gasteiger partial charge in [-0.3, -0.25) is 38.7 Å². The number of aromatic nitrogens is 8. The molecular formula is C107H109F3N20O8. The fraction of sp³-hybridized carbons (Fsp3) is 0.290. The number of carbonyl (C=O) groups is 6. The van der Waals surface area contributed by atoms with Crippen molar-refractivity contribution < 1.29 is 51.4 Å². The molecule has 6 atom stereocenters. The summed E-state index contributed by atoms with van der Waals surface area (Å²) in [5.74, 6) is 2.09. The van der Waals surface area contributed by atoms with Crippen molar-refractivity contribution in [1.29, 1.82) is 5.26 Å². The van der Waals surface area contributed by atoms with Crippen LogP contribution in [0.5, 0.6) is 5.75 Å². The quantitative estimate of drug-likeness (QED) is 0.0481. The Bertz CT molecular complexity index is 6980. The largest absolute Gasteiger partial charge is 0.489 e. The summed E-state index contributed by atoms with van der Waals surface area (Å²) in [6.07, 6.45) is 1.88. The normalized spacial score (nSPS) is 17.6. The van der Waals surface area contributed by atoms with Crippen LogP contribution in [0.15, 0.2) is 224 Å².